The van der Waals surface area contributed by atoms with Gasteiger partial charge in [-0.2, -0.15) is 0 Å². The predicted octanol–water partition coefficient (Wildman–Crippen LogP) is 2.11. The van der Waals surface area contributed by atoms with Crippen molar-refractivity contribution in [1.29, 1.82) is 0 Å². The first kappa shape index (κ1) is 17.9. The maximum Gasteiger partial charge on any atom is 0.242 e. The summed E-state index contributed by atoms with van der Waals surface area (Å²) in [5.74, 6) is 0.505. The standard InChI is InChI=1S/C15H27N3O2S/c1-5-12(6-2)15(16)11-17-13-7-9-14(10-8-13)21(19,20)18(3)4/h7-10,12,15,17H,5-6,11,16H2,1-4H3. The van der Waals surface area contributed by atoms with Crippen molar-refractivity contribution in [3.63, 3.8) is 0 Å². The van der Waals surface area contributed by atoms with E-state index >= 15 is 0 Å². The fourth-order valence-electron chi connectivity index (χ4n) is 2.25. The molecule has 0 aliphatic rings. The minimum atomic E-state index is -3.37. The van der Waals surface area contributed by atoms with Crippen molar-refractivity contribution in [2.45, 2.75) is 37.6 Å². The van der Waals surface area contributed by atoms with E-state index in [0.717, 1.165) is 18.5 Å². The number of hydrogen-bond donors (Lipinski definition) is 2. The van der Waals surface area contributed by atoms with Gasteiger partial charge in [0, 0.05) is 32.4 Å². The Balaban J connectivity index is 2.68. The molecule has 0 saturated heterocycles. The van der Waals surface area contributed by atoms with Crippen LogP contribution >= 0.6 is 0 Å². The molecule has 0 bridgehead atoms. The molecule has 0 saturated carbocycles. The van der Waals surface area contributed by atoms with Gasteiger partial charge in [0.25, 0.3) is 0 Å². The van der Waals surface area contributed by atoms with Gasteiger partial charge < -0.3 is 11.1 Å². The molecule has 0 spiro atoms. The molecular formula is C15H27N3O2S. The Hall–Kier alpha value is -1.11. The molecule has 0 heterocycles. The summed E-state index contributed by atoms with van der Waals surface area (Å²) in [4.78, 5) is 0.294. The van der Waals surface area contributed by atoms with Crippen molar-refractivity contribution < 1.29 is 8.42 Å². The summed E-state index contributed by atoms with van der Waals surface area (Å²) >= 11 is 0. The normalized spacial score (nSPS) is 13.7. The van der Waals surface area contributed by atoms with Crippen LogP contribution in [0.5, 0.6) is 0 Å². The first-order chi connectivity index (χ1) is 9.82. The Morgan fingerprint density at radius 3 is 2.10 bits per heavy atom. The molecule has 3 N–H and O–H groups in total. The topological polar surface area (TPSA) is 75.4 Å². The molecule has 0 aliphatic carbocycles. The molecule has 1 atom stereocenters. The highest BCUT2D eigenvalue weighted by molar-refractivity contribution is 7.89. The molecule has 6 heteroatoms. The molecule has 0 aliphatic heterocycles. The summed E-state index contributed by atoms with van der Waals surface area (Å²) < 4.78 is 25.1. The highest BCUT2D eigenvalue weighted by Gasteiger charge is 2.17. The molecule has 0 amide bonds. The lowest BCUT2D eigenvalue weighted by atomic mass is 9.95. The molecule has 1 aromatic rings. The number of nitrogens with two attached hydrogens (primary N) is 1. The second-order valence-electron chi connectivity index (χ2n) is 5.43. The largest absolute Gasteiger partial charge is 0.383 e. The maximum absolute atomic E-state index is 12.0. The smallest absolute Gasteiger partial charge is 0.242 e. The molecule has 0 fully saturated rings. The van der Waals surface area contributed by atoms with Gasteiger partial charge in [0.2, 0.25) is 10.0 Å². The van der Waals surface area contributed by atoms with Gasteiger partial charge in [0.15, 0.2) is 0 Å². The zero-order valence-corrected chi connectivity index (χ0v) is 14.2. The Bertz CT molecular complexity index is 522. The highest BCUT2D eigenvalue weighted by Crippen LogP contribution is 2.17. The second kappa shape index (κ2) is 7.77. The number of sulfonamides is 1. The Kier molecular flexibility index (Phi) is 6.64. The van der Waals surface area contributed by atoms with Crippen molar-refractivity contribution in [3.05, 3.63) is 24.3 Å². The minimum absolute atomic E-state index is 0.102. The molecule has 5 nitrogen and oxygen atoms in total. The molecular weight excluding hydrogens is 286 g/mol. The van der Waals surface area contributed by atoms with E-state index in [0.29, 0.717) is 17.4 Å². The van der Waals surface area contributed by atoms with E-state index in [1.54, 1.807) is 24.3 Å². The second-order valence-corrected chi connectivity index (χ2v) is 7.58. The molecule has 0 radical (unpaired) electrons. The minimum Gasteiger partial charge on any atom is -0.383 e. The van der Waals surface area contributed by atoms with Crippen molar-refractivity contribution in [2.24, 2.45) is 11.7 Å². The van der Waals surface area contributed by atoms with Gasteiger partial charge in [-0.25, -0.2) is 12.7 Å². The van der Waals surface area contributed by atoms with Crippen LogP contribution in [0.3, 0.4) is 0 Å². The fourth-order valence-corrected chi connectivity index (χ4v) is 3.15. The van der Waals surface area contributed by atoms with Gasteiger partial charge >= 0.3 is 0 Å². The van der Waals surface area contributed by atoms with Crippen LogP contribution in [0.4, 0.5) is 5.69 Å². The van der Waals surface area contributed by atoms with Crippen molar-refractivity contribution in [3.8, 4) is 0 Å². The van der Waals surface area contributed by atoms with Crippen molar-refractivity contribution >= 4 is 15.7 Å². The molecule has 0 aromatic heterocycles. The van der Waals surface area contributed by atoms with Gasteiger partial charge in [-0.3, -0.25) is 0 Å². The number of hydrogen-bond acceptors (Lipinski definition) is 4. The monoisotopic (exact) mass is 313 g/mol. The number of anilines is 1. The zero-order chi connectivity index (χ0) is 16.0. The third-order valence-electron chi connectivity index (χ3n) is 3.83. The number of benzene rings is 1. The van der Waals surface area contributed by atoms with E-state index < -0.39 is 10.0 Å². The van der Waals surface area contributed by atoms with Gasteiger partial charge in [-0.05, 0) is 30.2 Å². The quantitative estimate of drug-likeness (QED) is 0.771. The average molecular weight is 313 g/mol. The Morgan fingerprint density at radius 1 is 1.14 bits per heavy atom. The van der Waals surface area contributed by atoms with Crippen LogP contribution in [-0.2, 0) is 10.0 Å². The summed E-state index contributed by atoms with van der Waals surface area (Å²) in [6.45, 7) is 4.98. The third kappa shape index (κ3) is 4.69. The van der Waals surface area contributed by atoms with Crippen LogP contribution in [0, 0.1) is 5.92 Å². The van der Waals surface area contributed by atoms with E-state index in [1.165, 1.54) is 18.4 Å². The number of rotatable bonds is 8. The summed E-state index contributed by atoms with van der Waals surface area (Å²) in [6.07, 6.45) is 2.14. The zero-order valence-electron chi connectivity index (χ0n) is 13.3. The number of nitrogens with one attached hydrogen (secondary N) is 1. The van der Waals surface area contributed by atoms with Crippen LogP contribution in [-0.4, -0.2) is 39.4 Å². The van der Waals surface area contributed by atoms with E-state index in [9.17, 15) is 8.42 Å². The molecule has 1 aromatic carbocycles. The van der Waals surface area contributed by atoms with Crippen molar-refractivity contribution in [2.75, 3.05) is 26.0 Å². The predicted molar refractivity (Wildman–Crippen MR) is 87.9 cm³/mol. The average Bonchev–Trinajstić information content (AvgIpc) is 2.46. The molecule has 21 heavy (non-hydrogen) atoms. The highest BCUT2D eigenvalue weighted by atomic mass is 32.2. The van der Waals surface area contributed by atoms with E-state index in [-0.39, 0.29) is 6.04 Å². The summed E-state index contributed by atoms with van der Waals surface area (Å²) in [5, 5.41) is 3.27. The lowest BCUT2D eigenvalue weighted by molar-refractivity contribution is 0.407. The summed E-state index contributed by atoms with van der Waals surface area (Å²) in [6, 6.07) is 6.87. The van der Waals surface area contributed by atoms with Gasteiger partial charge in [0.05, 0.1) is 4.90 Å². The number of nitrogens with zero attached hydrogens (tertiary/aromatic N) is 1. The Morgan fingerprint density at radius 2 is 1.67 bits per heavy atom. The molecule has 1 unspecified atom stereocenters. The molecule has 1 rings (SSSR count). The van der Waals surface area contributed by atoms with Crippen LogP contribution < -0.4 is 11.1 Å². The van der Waals surface area contributed by atoms with E-state index in [2.05, 4.69) is 19.2 Å². The van der Waals surface area contributed by atoms with E-state index in [4.69, 9.17) is 5.73 Å². The fraction of sp³-hybridized carbons (Fsp3) is 0.600. The van der Waals surface area contributed by atoms with E-state index in [1.807, 2.05) is 0 Å². The molecule has 120 valence electrons. The SMILES string of the molecule is CCC(CC)C(N)CNc1ccc(S(=O)(=O)N(C)C)cc1. The third-order valence-corrected chi connectivity index (χ3v) is 5.66. The lowest BCUT2D eigenvalue weighted by Crippen LogP contribution is -2.36. The van der Waals surface area contributed by atoms with Gasteiger partial charge in [-0.1, -0.05) is 26.7 Å². The van der Waals surface area contributed by atoms with Gasteiger partial charge in [-0.15, -0.1) is 0 Å². The van der Waals surface area contributed by atoms with Crippen LogP contribution in [0.2, 0.25) is 0 Å². The van der Waals surface area contributed by atoms with Crippen LogP contribution in [0.15, 0.2) is 29.2 Å². The Labute approximate surface area is 128 Å². The van der Waals surface area contributed by atoms with Crippen molar-refractivity contribution in [1.82, 2.24) is 4.31 Å². The first-order valence-electron chi connectivity index (χ1n) is 7.35. The summed E-state index contributed by atoms with van der Waals surface area (Å²) in [7, 11) is -0.317. The first-order valence-corrected chi connectivity index (χ1v) is 8.79. The van der Waals surface area contributed by atoms with Crippen LogP contribution in [0.25, 0.3) is 0 Å². The van der Waals surface area contributed by atoms with Gasteiger partial charge in [0.1, 0.15) is 0 Å². The lowest BCUT2D eigenvalue weighted by Gasteiger charge is -2.22. The summed E-state index contributed by atoms with van der Waals surface area (Å²) in [5.41, 5.74) is 7.04. The van der Waals surface area contributed by atoms with Crippen LogP contribution in [0.1, 0.15) is 26.7 Å². The maximum atomic E-state index is 12.0.